The van der Waals surface area contributed by atoms with Crippen molar-refractivity contribution in [1.29, 1.82) is 0 Å². The molecule has 0 aliphatic carbocycles. The Morgan fingerprint density at radius 3 is 2.50 bits per heavy atom. The van der Waals surface area contributed by atoms with Crippen molar-refractivity contribution in [2.24, 2.45) is 4.99 Å². The van der Waals surface area contributed by atoms with Crippen molar-refractivity contribution in [3.05, 3.63) is 66.4 Å². The maximum atomic E-state index is 13.1. The molecule has 0 bridgehead atoms. The minimum Gasteiger partial charge on any atom is -0.481 e. The second-order valence-corrected chi connectivity index (χ2v) is 8.73. The highest BCUT2D eigenvalue weighted by Gasteiger charge is 2.27. The number of hydrogen-bond donors (Lipinski definition) is 0. The van der Waals surface area contributed by atoms with Crippen LogP contribution in [0, 0.1) is 0 Å². The third kappa shape index (κ3) is 7.49. The van der Waals surface area contributed by atoms with Gasteiger partial charge in [-0.15, -0.1) is 0 Å². The summed E-state index contributed by atoms with van der Waals surface area (Å²) in [6.07, 6.45) is 7.20. The van der Waals surface area contributed by atoms with Crippen LogP contribution < -0.4 is 9.04 Å². The van der Waals surface area contributed by atoms with Crippen LogP contribution in [-0.2, 0) is 21.4 Å². The standard InChI is InChI=1S/C23H30N4O4S/c1-4-6-10-15-24-19-32(29,30)27(21-13-14-22(31-3)25-16-21)18-23(28)26(5-2)17-20-11-8-7-9-12-20/h6-16H,4-5,17-19H2,1-3H3/b10-6-,24-15-. The first kappa shape index (κ1) is 25.1. The number of allylic oxidation sites excluding steroid dienone is 2. The Morgan fingerprint density at radius 1 is 1.16 bits per heavy atom. The van der Waals surface area contributed by atoms with E-state index in [4.69, 9.17) is 4.74 Å². The van der Waals surface area contributed by atoms with Gasteiger partial charge in [-0.05, 0) is 31.1 Å². The molecular formula is C23H30N4O4S. The van der Waals surface area contributed by atoms with Crippen LogP contribution in [0.1, 0.15) is 25.8 Å². The van der Waals surface area contributed by atoms with Gasteiger partial charge in [0.05, 0.1) is 19.0 Å². The van der Waals surface area contributed by atoms with Crippen molar-refractivity contribution in [2.75, 3.05) is 30.4 Å². The molecule has 0 atom stereocenters. The number of carbonyl (C=O) groups is 1. The number of nitrogens with zero attached hydrogens (tertiary/aromatic N) is 4. The van der Waals surface area contributed by atoms with Gasteiger partial charge in [-0.1, -0.05) is 43.3 Å². The van der Waals surface area contributed by atoms with Crippen molar-refractivity contribution in [3.8, 4) is 5.88 Å². The molecule has 1 aromatic heterocycles. The van der Waals surface area contributed by atoms with Gasteiger partial charge in [0.15, 0.2) is 5.88 Å². The molecule has 32 heavy (non-hydrogen) atoms. The molecule has 0 radical (unpaired) electrons. The lowest BCUT2D eigenvalue weighted by molar-refractivity contribution is -0.129. The van der Waals surface area contributed by atoms with Crippen LogP contribution in [0.25, 0.3) is 0 Å². The number of pyridine rings is 1. The van der Waals surface area contributed by atoms with Crippen LogP contribution in [0.4, 0.5) is 5.69 Å². The molecule has 1 heterocycles. The average molecular weight is 459 g/mol. The maximum absolute atomic E-state index is 13.1. The van der Waals surface area contributed by atoms with Crippen molar-refractivity contribution < 1.29 is 17.9 Å². The summed E-state index contributed by atoms with van der Waals surface area (Å²) in [6, 6.07) is 12.7. The number of carbonyl (C=O) groups excluding carboxylic acids is 1. The predicted octanol–water partition coefficient (Wildman–Crippen LogP) is 3.27. The summed E-state index contributed by atoms with van der Waals surface area (Å²) in [5.74, 6) is -0.449. The Bertz CT molecular complexity index is 1010. The minimum atomic E-state index is -3.92. The molecule has 0 saturated carbocycles. The zero-order valence-electron chi connectivity index (χ0n) is 18.7. The number of methoxy groups -OCH3 is 1. The lowest BCUT2D eigenvalue weighted by Gasteiger charge is -2.27. The summed E-state index contributed by atoms with van der Waals surface area (Å²) in [7, 11) is -2.45. The van der Waals surface area contributed by atoms with E-state index in [1.807, 2.05) is 50.3 Å². The number of ether oxygens (including phenoxy) is 1. The Hall–Kier alpha value is -3.20. The molecule has 9 heteroatoms. The Morgan fingerprint density at radius 2 is 1.91 bits per heavy atom. The van der Waals surface area contributed by atoms with Crippen LogP contribution >= 0.6 is 0 Å². The molecular weight excluding hydrogens is 428 g/mol. The predicted molar refractivity (Wildman–Crippen MR) is 127 cm³/mol. The van der Waals surface area contributed by atoms with Crippen molar-refractivity contribution in [3.63, 3.8) is 0 Å². The lowest BCUT2D eigenvalue weighted by Crippen LogP contribution is -2.43. The van der Waals surface area contributed by atoms with Gasteiger partial charge in [-0.25, -0.2) is 13.4 Å². The van der Waals surface area contributed by atoms with Gasteiger partial charge in [0.2, 0.25) is 11.8 Å². The van der Waals surface area contributed by atoms with Crippen LogP contribution in [0.2, 0.25) is 0 Å². The van der Waals surface area contributed by atoms with Gasteiger partial charge in [0.25, 0.3) is 10.0 Å². The third-order valence-corrected chi connectivity index (χ3v) is 6.07. The normalized spacial score (nSPS) is 11.7. The summed E-state index contributed by atoms with van der Waals surface area (Å²) < 4.78 is 32.3. The van der Waals surface area contributed by atoms with E-state index < -0.39 is 15.9 Å². The number of aliphatic imine (C=N–C) groups is 1. The Kier molecular flexibility index (Phi) is 9.87. The second-order valence-electron chi connectivity index (χ2n) is 6.87. The lowest BCUT2D eigenvalue weighted by atomic mass is 10.2. The van der Waals surface area contributed by atoms with E-state index in [1.165, 1.54) is 19.5 Å². The first-order valence-electron chi connectivity index (χ1n) is 10.4. The number of rotatable bonds is 12. The van der Waals surface area contributed by atoms with Crippen LogP contribution in [0.3, 0.4) is 0 Å². The largest absolute Gasteiger partial charge is 0.481 e. The monoisotopic (exact) mass is 458 g/mol. The third-order valence-electron chi connectivity index (χ3n) is 4.58. The molecule has 0 spiro atoms. The van der Waals surface area contributed by atoms with Gasteiger partial charge in [0, 0.05) is 25.4 Å². The highest BCUT2D eigenvalue weighted by atomic mass is 32.2. The van der Waals surface area contributed by atoms with Gasteiger partial charge < -0.3 is 9.64 Å². The van der Waals surface area contributed by atoms with E-state index in [0.717, 1.165) is 16.3 Å². The van der Waals surface area contributed by atoms with Crippen LogP contribution in [0.15, 0.2) is 65.8 Å². The molecule has 0 N–H and O–H groups in total. The quantitative estimate of drug-likeness (QED) is 0.455. The summed E-state index contributed by atoms with van der Waals surface area (Å²) in [5, 5.41) is 0. The minimum absolute atomic E-state index is 0.272. The van der Waals surface area contributed by atoms with Gasteiger partial charge in [0.1, 0.15) is 6.54 Å². The zero-order valence-corrected chi connectivity index (χ0v) is 19.5. The van der Waals surface area contributed by atoms with Crippen LogP contribution in [0.5, 0.6) is 5.88 Å². The molecule has 2 aromatic rings. The fraction of sp³-hybridized carbons (Fsp3) is 0.348. The Labute approximate surface area is 190 Å². The van der Waals surface area contributed by atoms with Crippen molar-refractivity contribution in [2.45, 2.75) is 26.8 Å². The maximum Gasteiger partial charge on any atom is 0.255 e. The summed E-state index contributed by atoms with van der Waals surface area (Å²) in [4.78, 5) is 22.8. The smallest absolute Gasteiger partial charge is 0.255 e. The fourth-order valence-corrected chi connectivity index (χ4v) is 4.01. The number of aromatic nitrogens is 1. The van der Waals surface area contributed by atoms with E-state index in [1.54, 1.807) is 23.1 Å². The van der Waals surface area contributed by atoms with E-state index >= 15 is 0 Å². The average Bonchev–Trinajstić information content (AvgIpc) is 2.81. The number of hydrogen-bond acceptors (Lipinski definition) is 6. The molecule has 0 aliphatic heterocycles. The van der Waals surface area contributed by atoms with E-state index in [2.05, 4.69) is 9.98 Å². The number of sulfonamides is 1. The Balaban J connectivity index is 2.27. The topological polar surface area (TPSA) is 92.2 Å². The van der Waals surface area contributed by atoms with Crippen molar-refractivity contribution in [1.82, 2.24) is 9.88 Å². The van der Waals surface area contributed by atoms with Gasteiger partial charge >= 0.3 is 0 Å². The fourth-order valence-electron chi connectivity index (χ4n) is 2.86. The number of likely N-dealkylation sites (N-methyl/N-ethyl adjacent to an activating group) is 1. The molecule has 1 aromatic carbocycles. The highest BCUT2D eigenvalue weighted by molar-refractivity contribution is 7.92. The molecule has 0 fully saturated rings. The molecule has 8 nitrogen and oxygen atoms in total. The molecule has 0 saturated heterocycles. The zero-order chi connectivity index (χ0) is 23.4. The first-order valence-corrected chi connectivity index (χ1v) is 12.0. The summed E-state index contributed by atoms with van der Waals surface area (Å²) in [5.41, 5.74) is 1.24. The summed E-state index contributed by atoms with van der Waals surface area (Å²) in [6.45, 7) is 4.32. The van der Waals surface area contributed by atoms with E-state index in [0.29, 0.717) is 19.0 Å². The number of anilines is 1. The van der Waals surface area contributed by atoms with E-state index in [-0.39, 0.29) is 18.1 Å². The molecule has 172 valence electrons. The number of amides is 1. The van der Waals surface area contributed by atoms with E-state index in [9.17, 15) is 13.2 Å². The second kappa shape index (κ2) is 12.6. The molecule has 0 unspecified atom stereocenters. The first-order chi connectivity index (χ1) is 15.4. The molecule has 0 aliphatic rings. The van der Waals surface area contributed by atoms with Crippen molar-refractivity contribution >= 4 is 27.8 Å². The van der Waals surface area contributed by atoms with Crippen LogP contribution in [-0.4, -0.2) is 56.5 Å². The molecule has 1 amide bonds. The molecule has 2 rings (SSSR count). The highest BCUT2D eigenvalue weighted by Crippen LogP contribution is 2.20. The number of benzene rings is 1. The van der Waals surface area contributed by atoms with Gasteiger partial charge in [-0.3, -0.25) is 14.1 Å². The summed E-state index contributed by atoms with van der Waals surface area (Å²) >= 11 is 0. The van der Waals surface area contributed by atoms with Gasteiger partial charge in [-0.2, -0.15) is 0 Å². The SMILES string of the molecule is CC/C=C\C=N/CS(=O)(=O)N(CC(=O)N(CC)Cc1ccccc1)c1ccc(OC)nc1.